The van der Waals surface area contributed by atoms with Crippen molar-refractivity contribution >= 4 is 35.8 Å². The van der Waals surface area contributed by atoms with Crippen LogP contribution in [0.4, 0.5) is 5.82 Å². The van der Waals surface area contributed by atoms with Gasteiger partial charge in [0.2, 0.25) is 0 Å². The maximum atomic E-state index is 10.8. The van der Waals surface area contributed by atoms with E-state index in [-0.39, 0.29) is 24.0 Å². The van der Waals surface area contributed by atoms with Crippen LogP contribution in [0.2, 0.25) is 0 Å². The molecule has 3 rings (SSSR count). The minimum absolute atomic E-state index is 0. The van der Waals surface area contributed by atoms with Crippen molar-refractivity contribution in [2.24, 2.45) is 4.99 Å². The zero-order chi connectivity index (χ0) is 20.5. The van der Waals surface area contributed by atoms with Crippen molar-refractivity contribution in [1.29, 1.82) is 0 Å². The Morgan fingerprint density at radius 2 is 1.87 bits per heavy atom. The number of anilines is 1. The lowest BCUT2D eigenvalue weighted by Gasteiger charge is -2.27. The lowest BCUT2D eigenvalue weighted by atomic mass is 9.96. The highest BCUT2D eigenvalue weighted by Gasteiger charge is 2.23. The fourth-order valence-corrected chi connectivity index (χ4v) is 3.52. The maximum Gasteiger partial charge on any atom is 0.191 e. The number of hydrogen-bond acceptors (Lipinski definition) is 4. The molecule has 1 fully saturated rings. The Kier molecular flexibility index (Phi) is 9.84. The number of rotatable bonds is 7. The highest BCUT2D eigenvalue weighted by molar-refractivity contribution is 14.0. The number of pyridine rings is 1. The smallest absolute Gasteiger partial charge is 0.191 e. The van der Waals surface area contributed by atoms with Crippen molar-refractivity contribution in [3.05, 3.63) is 59.8 Å². The molecule has 0 saturated carbocycles. The molecule has 1 aromatic carbocycles. The summed E-state index contributed by atoms with van der Waals surface area (Å²) in [5.41, 5.74) is 1.03. The van der Waals surface area contributed by atoms with Gasteiger partial charge in [0, 0.05) is 25.8 Å². The van der Waals surface area contributed by atoms with Gasteiger partial charge in [-0.15, -0.1) is 24.0 Å². The second-order valence-corrected chi connectivity index (χ2v) is 7.76. The Morgan fingerprint density at radius 1 is 1.13 bits per heavy atom. The van der Waals surface area contributed by atoms with E-state index in [9.17, 15) is 5.11 Å². The topological polar surface area (TPSA) is 72.8 Å². The fourth-order valence-electron chi connectivity index (χ4n) is 3.52. The van der Waals surface area contributed by atoms with E-state index < -0.39 is 5.60 Å². The van der Waals surface area contributed by atoms with Gasteiger partial charge in [-0.25, -0.2) is 9.98 Å². The van der Waals surface area contributed by atoms with Crippen LogP contribution >= 0.6 is 24.0 Å². The van der Waals surface area contributed by atoms with Crippen molar-refractivity contribution in [3.63, 3.8) is 0 Å². The van der Waals surface area contributed by atoms with E-state index in [0.717, 1.165) is 36.6 Å². The van der Waals surface area contributed by atoms with Crippen LogP contribution in [0.3, 0.4) is 0 Å². The highest BCUT2D eigenvalue weighted by Crippen LogP contribution is 2.20. The first kappa shape index (κ1) is 24.4. The van der Waals surface area contributed by atoms with E-state index in [2.05, 4.69) is 26.6 Å². The van der Waals surface area contributed by atoms with Crippen LogP contribution in [-0.2, 0) is 12.1 Å². The van der Waals surface area contributed by atoms with E-state index in [1.807, 2.05) is 56.4 Å². The van der Waals surface area contributed by atoms with E-state index >= 15 is 0 Å². The third kappa shape index (κ3) is 7.12. The van der Waals surface area contributed by atoms with Crippen molar-refractivity contribution < 1.29 is 5.11 Å². The summed E-state index contributed by atoms with van der Waals surface area (Å²) in [4.78, 5) is 11.6. The zero-order valence-electron chi connectivity index (χ0n) is 18.0. The minimum atomic E-state index is -0.977. The molecule has 2 heterocycles. The molecule has 30 heavy (non-hydrogen) atoms. The number of nitrogens with one attached hydrogen (secondary N) is 2. The van der Waals surface area contributed by atoms with Crippen LogP contribution in [0.1, 0.15) is 44.2 Å². The largest absolute Gasteiger partial charge is 0.384 e. The van der Waals surface area contributed by atoms with Gasteiger partial charge in [0.1, 0.15) is 11.4 Å². The average molecular weight is 523 g/mol. The standard InChI is InChI=1S/C23H33N5O.HI/c1-3-24-22(27-18-23(2,29)20-10-6-4-7-11-20)26-17-19-12-13-25-21(16-19)28-14-8-5-9-15-28;/h4,6-7,10-13,16,29H,3,5,8-9,14-15,17-18H2,1-2H3,(H2,24,26,27);1H. The second-order valence-electron chi connectivity index (χ2n) is 7.76. The number of piperidine rings is 1. The Hall–Kier alpha value is -1.87. The number of benzene rings is 1. The molecule has 3 N–H and O–H groups in total. The summed E-state index contributed by atoms with van der Waals surface area (Å²) < 4.78 is 0. The van der Waals surface area contributed by atoms with Gasteiger partial charge in [0.15, 0.2) is 5.96 Å². The third-order valence-corrected chi connectivity index (χ3v) is 5.25. The maximum absolute atomic E-state index is 10.8. The molecule has 2 aromatic rings. The number of nitrogens with zero attached hydrogens (tertiary/aromatic N) is 3. The number of guanidine groups is 1. The molecule has 1 aromatic heterocycles. The van der Waals surface area contributed by atoms with Crippen LogP contribution in [0.15, 0.2) is 53.7 Å². The summed E-state index contributed by atoms with van der Waals surface area (Å²) in [6.45, 7) is 7.70. The molecule has 0 radical (unpaired) electrons. The van der Waals surface area contributed by atoms with Gasteiger partial charge in [0.05, 0.1) is 13.1 Å². The van der Waals surface area contributed by atoms with Gasteiger partial charge < -0.3 is 20.6 Å². The Morgan fingerprint density at radius 3 is 2.57 bits per heavy atom. The molecule has 1 aliphatic heterocycles. The fraction of sp³-hybridized carbons (Fsp3) is 0.478. The molecular weight excluding hydrogens is 489 g/mol. The average Bonchev–Trinajstić information content (AvgIpc) is 2.77. The monoisotopic (exact) mass is 523 g/mol. The molecule has 0 amide bonds. The second kappa shape index (κ2) is 12.1. The summed E-state index contributed by atoms with van der Waals surface area (Å²) in [7, 11) is 0. The number of hydrogen-bond donors (Lipinski definition) is 3. The zero-order valence-corrected chi connectivity index (χ0v) is 20.3. The van der Waals surface area contributed by atoms with E-state index in [4.69, 9.17) is 4.99 Å². The third-order valence-electron chi connectivity index (χ3n) is 5.25. The van der Waals surface area contributed by atoms with Crippen molar-refractivity contribution in [2.75, 3.05) is 31.1 Å². The molecule has 1 atom stereocenters. The van der Waals surface area contributed by atoms with Crippen LogP contribution in [-0.4, -0.2) is 42.2 Å². The van der Waals surface area contributed by atoms with Crippen molar-refractivity contribution in [2.45, 2.75) is 45.3 Å². The first-order valence-electron chi connectivity index (χ1n) is 10.6. The lowest BCUT2D eigenvalue weighted by Crippen LogP contribution is -2.44. The van der Waals surface area contributed by atoms with Crippen LogP contribution in [0, 0.1) is 0 Å². The summed E-state index contributed by atoms with van der Waals surface area (Å²) in [5.74, 6) is 1.74. The van der Waals surface area contributed by atoms with Gasteiger partial charge in [-0.1, -0.05) is 30.3 Å². The molecule has 7 heteroatoms. The van der Waals surface area contributed by atoms with Crippen molar-refractivity contribution in [3.8, 4) is 0 Å². The number of aromatic nitrogens is 1. The van der Waals surface area contributed by atoms with Crippen LogP contribution in [0.5, 0.6) is 0 Å². The molecule has 1 saturated heterocycles. The van der Waals surface area contributed by atoms with E-state index in [0.29, 0.717) is 19.0 Å². The number of aliphatic hydroxyl groups is 1. The first-order chi connectivity index (χ1) is 14.1. The molecule has 164 valence electrons. The van der Waals surface area contributed by atoms with Gasteiger partial charge in [-0.2, -0.15) is 0 Å². The van der Waals surface area contributed by atoms with Crippen molar-refractivity contribution in [1.82, 2.24) is 15.6 Å². The molecular formula is C23H34IN5O. The van der Waals surface area contributed by atoms with Gasteiger partial charge in [0.25, 0.3) is 0 Å². The quantitative estimate of drug-likeness (QED) is 0.294. The van der Waals surface area contributed by atoms with E-state index in [1.54, 1.807) is 0 Å². The van der Waals surface area contributed by atoms with Gasteiger partial charge >= 0.3 is 0 Å². The molecule has 6 nitrogen and oxygen atoms in total. The summed E-state index contributed by atoms with van der Waals surface area (Å²) in [6.07, 6.45) is 5.65. The lowest BCUT2D eigenvalue weighted by molar-refractivity contribution is 0.0617. The molecule has 1 aliphatic rings. The van der Waals surface area contributed by atoms with Gasteiger partial charge in [-0.05, 0) is 56.4 Å². The minimum Gasteiger partial charge on any atom is -0.384 e. The number of halogens is 1. The molecule has 0 aliphatic carbocycles. The van der Waals surface area contributed by atoms with Crippen LogP contribution in [0.25, 0.3) is 0 Å². The summed E-state index contributed by atoms with van der Waals surface area (Å²) >= 11 is 0. The van der Waals surface area contributed by atoms with Gasteiger partial charge in [-0.3, -0.25) is 0 Å². The molecule has 0 spiro atoms. The molecule has 0 bridgehead atoms. The normalized spacial score (nSPS) is 16.4. The Balaban J connectivity index is 0.00000320. The Labute approximate surface area is 197 Å². The summed E-state index contributed by atoms with van der Waals surface area (Å²) in [6, 6.07) is 13.8. The first-order valence-corrected chi connectivity index (χ1v) is 10.6. The highest BCUT2D eigenvalue weighted by atomic mass is 127. The number of aliphatic imine (C=N–C) groups is 1. The SMILES string of the molecule is CCNC(=NCc1ccnc(N2CCCCC2)c1)NCC(C)(O)c1ccccc1.I. The van der Waals surface area contributed by atoms with Crippen LogP contribution < -0.4 is 15.5 Å². The predicted molar refractivity (Wildman–Crippen MR) is 135 cm³/mol. The molecule has 1 unspecified atom stereocenters. The van der Waals surface area contributed by atoms with E-state index in [1.165, 1.54) is 19.3 Å². The Bertz CT molecular complexity index is 791. The summed E-state index contributed by atoms with van der Waals surface area (Å²) in [5, 5.41) is 17.3. The predicted octanol–water partition coefficient (Wildman–Crippen LogP) is 3.65.